The SMILES string of the molecule is COc1ccc(-c2nc(C(C)Cl)no2)c(OC)c1. The van der Waals surface area contributed by atoms with E-state index in [1.165, 1.54) is 0 Å². The van der Waals surface area contributed by atoms with Crippen molar-refractivity contribution >= 4 is 11.6 Å². The summed E-state index contributed by atoms with van der Waals surface area (Å²) in [6, 6.07) is 5.35. The molecular weight excluding hydrogens is 256 g/mol. The van der Waals surface area contributed by atoms with Crippen molar-refractivity contribution in [1.82, 2.24) is 10.1 Å². The first-order valence-corrected chi connectivity index (χ1v) is 5.79. The van der Waals surface area contributed by atoms with Gasteiger partial charge < -0.3 is 14.0 Å². The van der Waals surface area contributed by atoms with E-state index in [0.29, 0.717) is 28.8 Å². The van der Waals surface area contributed by atoms with Crippen LogP contribution in [0, 0.1) is 0 Å². The second-order valence-corrected chi connectivity index (χ2v) is 4.29. The fraction of sp³-hybridized carbons (Fsp3) is 0.333. The topological polar surface area (TPSA) is 57.4 Å². The summed E-state index contributed by atoms with van der Waals surface area (Å²) in [4.78, 5) is 4.21. The van der Waals surface area contributed by atoms with Crippen molar-refractivity contribution in [2.45, 2.75) is 12.3 Å². The Kier molecular flexibility index (Phi) is 3.72. The van der Waals surface area contributed by atoms with E-state index in [1.54, 1.807) is 39.3 Å². The van der Waals surface area contributed by atoms with Crippen LogP contribution in [-0.4, -0.2) is 24.4 Å². The molecule has 0 fully saturated rings. The maximum absolute atomic E-state index is 5.89. The highest BCUT2D eigenvalue weighted by Gasteiger charge is 2.16. The molecule has 1 unspecified atom stereocenters. The third-order valence-corrected chi connectivity index (χ3v) is 2.63. The van der Waals surface area contributed by atoms with Gasteiger partial charge in [-0.3, -0.25) is 0 Å². The van der Waals surface area contributed by atoms with Gasteiger partial charge in [-0.15, -0.1) is 11.6 Å². The summed E-state index contributed by atoms with van der Waals surface area (Å²) in [6.45, 7) is 1.78. The van der Waals surface area contributed by atoms with Crippen molar-refractivity contribution in [1.29, 1.82) is 0 Å². The summed E-state index contributed by atoms with van der Waals surface area (Å²) in [6.07, 6.45) is 0. The van der Waals surface area contributed by atoms with Gasteiger partial charge in [0.15, 0.2) is 5.82 Å². The highest BCUT2D eigenvalue weighted by molar-refractivity contribution is 6.20. The zero-order valence-electron chi connectivity index (χ0n) is 10.3. The third-order valence-electron chi connectivity index (χ3n) is 2.44. The van der Waals surface area contributed by atoms with E-state index in [2.05, 4.69) is 10.1 Å². The first kappa shape index (κ1) is 12.7. The Morgan fingerprint density at radius 1 is 1.28 bits per heavy atom. The molecule has 1 aromatic carbocycles. The molecule has 1 aromatic heterocycles. The van der Waals surface area contributed by atoms with Crippen molar-refractivity contribution in [3.8, 4) is 23.0 Å². The van der Waals surface area contributed by atoms with Crippen molar-refractivity contribution in [3.05, 3.63) is 24.0 Å². The number of nitrogens with zero attached hydrogens (tertiary/aromatic N) is 2. The highest BCUT2D eigenvalue weighted by atomic mass is 35.5. The van der Waals surface area contributed by atoms with Gasteiger partial charge in [0.2, 0.25) is 0 Å². The standard InChI is InChI=1S/C12H13ClN2O3/c1-7(13)11-14-12(18-15-11)9-5-4-8(16-2)6-10(9)17-3/h4-7H,1-3H3. The number of methoxy groups -OCH3 is 2. The predicted octanol–water partition coefficient (Wildman–Crippen LogP) is 3.05. The molecule has 18 heavy (non-hydrogen) atoms. The number of hydrogen-bond donors (Lipinski definition) is 0. The zero-order valence-corrected chi connectivity index (χ0v) is 11.1. The van der Waals surface area contributed by atoms with Gasteiger partial charge in [-0.2, -0.15) is 4.98 Å². The number of rotatable bonds is 4. The minimum absolute atomic E-state index is 0.299. The van der Waals surface area contributed by atoms with Crippen molar-refractivity contribution < 1.29 is 14.0 Å². The summed E-state index contributed by atoms with van der Waals surface area (Å²) in [5.74, 6) is 2.12. The lowest BCUT2D eigenvalue weighted by Crippen LogP contribution is -1.91. The van der Waals surface area contributed by atoms with Gasteiger partial charge in [-0.25, -0.2) is 0 Å². The van der Waals surface area contributed by atoms with Gasteiger partial charge in [-0.05, 0) is 19.1 Å². The Bertz CT molecular complexity index is 540. The molecule has 0 aliphatic carbocycles. The summed E-state index contributed by atoms with van der Waals surface area (Å²) in [7, 11) is 3.16. The molecule has 0 amide bonds. The Labute approximate surface area is 110 Å². The molecule has 6 heteroatoms. The average Bonchev–Trinajstić information content (AvgIpc) is 2.87. The molecule has 0 radical (unpaired) electrons. The molecule has 0 N–H and O–H groups in total. The van der Waals surface area contributed by atoms with Crippen LogP contribution in [0.4, 0.5) is 0 Å². The molecule has 0 spiro atoms. The second kappa shape index (κ2) is 5.27. The van der Waals surface area contributed by atoms with E-state index in [-0.39, 0.29) is 5.38 Å². The fourth-order valence-corrected chi connectivity index (χ4v) is 1.57. The second-order valence-electron chi connectivity index (χ2n) is 3.64. The number of benzene rings is 1. The van der Waals surface area contributed by atoms with E-state index in [4.69, 9.17) is 25.6 Å². The lowest BCUT2D eigenvalue weighted by Gasteiger charge is -2.06. The largest absolute Gasteiger partial charge is 0.497 e. The molecule has 0 saturated heterocycles. The molecular formula is C12H13ClN2O3. The number of aromatic nitrogens is 2. The third kappa shape index (κ3) is 2.41. The molecule has 2 aromatic rings. The molecule has 1 heterocycles. The lowest BCUT2D eigenvalue weighted by atomic mass is 10.2. The Balaban J connectivity index is 2.42. The lowest BCUT2D eigenvalue weighted by molar-refractivity contribution is 0.390. The Morgan fingerprint density at radius 2 is 2.06 bits per heavy atom. The highest BCUT2D eigenvalue weighted by Crippen LogP contribution is 2.33. The minimum Gasteiger partial charge on any atom is -0.497 e. The van der Waals surface area contributed by atoms with Gasteiger partial charge in [0.05, 0.1) is 25.2 Å². The molecule has 96 valence electrons. The van der Waals surface area contributed by atoms with Crippen LogP contribution in [0.3, 0.4) is 0 Å². The van der Waals surface area contributed by atoms with Crippen molar-refractivity contribution in [3.63, 3.8) is 0 Å². The Hall–Kier alpha value is -1.75. The maximum atomic E-state index is 5.89. The van der Waals surface area contributed by atoms with E-state index in [1.807, 2.05) is 0 Å². The number of hydrogen-bond acceptors (Lipinski definition) is 5. The molecule has 5 nitrogen and oxygen atoms in total. The van der Waals surface area contributed by atoms with Gasteiger partial charge in [0.25, 0.3) is 5.89 Å². The zero-order chi connectivity index (χ0) is 13.1. The number of alkyl halides is 1. The molecule has 0 aliphatic rings. The smallest absolute Gasteiger partial charge is 0.261 e. The van der Waals surface area contributed by atoms with Crippen LogP contribution in [0.5, 0.6) is 11.5 Å². The van der Waals surface area contributed by atoms with Gasteiger partial charge in [-0.1, -0.05) is 5.16 Å². The van der Waals surface area contributed by atoms with Crippen molar-refractivity contribution in [2.75, 3.05) is 14.2 Å². The molecule has 1 atom stereocenters. The van der Waals surface area contributed by atoms with Crippen LogP contribution < -0.4 is 9.47 Å². The van der Waals surface area contributed by atoms with Crippen LogP contribution in [0.15, 0.2) is 22.7 Å². The summed E-state index contributed by atoms with van der Waals surface area (Å²) >= 11 is 5.89. The monoisotopic (exact) mass is 268 g/mol. The molecule has 0 saturated carbocycles. The summed E-state index contributed by atoms with van der Waals surface area (Å²) in [5.41, 5.74) is 0.703. The van der Waals surface area contributed by atoms with Crippen molar-refractivity contribution in [2.24, 2.45) is 0 Å². The predicted molar refractivity (Wildman–Crippen MR) is 67.1 cm³/mol. The van der Waals surface area contributed by atoms with E-state index >= 15 is 0 Å². The van der Waals surface area contributed by atoms with E-state index < -0.39 is 0 Å². The van der Waals surface area contributed by atoms with Crippen LogP contribution in [-0.2, 0) is 0 Å². The van der Waals surface area contributed by atoms with Crippen LogP contribution >= 0.6 is 11.6 Å². The summed E-state index contributed by atoms with van der Waals surface area (Å²) in [5, 5.41) is 3.51. The Morgan fingerprint density at radius 3 is 2.61 bits per heavy atom. The van der Waals surface area contributed by atoms with Crippen LogP contribution in [0.1, 0.15) is 18.1 Å². The average molecular weight is 269 g/mol. The molecule has 0 aliphatic heterocycles. The number of halogens is 1. The number of ether oxygens (including phenoxy) is 2. The molecule has 2 rings (SSSR count). The van der Waals surface area contributed by atoms with Crippen LogP contribution in [0.2, 0.25) is 0 Å². The maximum Gasteiger partial charge on any atom is 0.261 e. The first-order chi connectivity index (χ1) is 8.65. The minimum atomic E-state index is -0.299. The summed E-state index contributed by atoms with van der Waals surface area (Å²) < 4.78 is 15.6. The van der Waals surface area contributed by atoms with Gasteiger partial charge in [0, 0.05) is 6.07 Å². The fourth-order valence-electron chi connectivity index (χ4n) is 1.48. The van der Waals surface area contributed by atoms with E-state index in [0.717, 1.165) is 0 Å². The molecule has 0 bridgehead atoms. The van der Waals surface area contributed by atoms with Gasteiger partial charge in [0.1, 0.15) is 11.5 Å². The van der Waals surface area contributed by atoms with Gasteiger partial charge >= 0.3 is 0 Å². The normalized spacial score (nSPS) is 12.2. The van der Waals surface area contributed by atoms with Crippen LogP contribution in [0.25, 0.3) is 11.5 Å². The van der Waals surface area contributed by atoms with E-state index in [9.17, 15) is 0 Å². The quantitative estimate of drug-likeness (QED) is 0.798. The first-order valence-electron chi connectivity index (χ1n) is 5.35.